The maximum Gasteiger partial charge on any atom is 0.0702 e. The topological polar surface area (TPSA) is 24.5 Å². The molecular weight excluding hydrogens is 260 g/mol. The van der Waals surface area contributed by atoms with Crippen LogP contribution in [0.2, 0.25) is 0 Å². The molecule has 21 heavy (non-hydrogen) atoms. The van der Waals surface area contributed by atoms with E-state index in [0.717, 1.165) is 31.0 Å². The minimum absolute atomic E-state index is 0.479. The Balaban J connectivity index is 1.84. The van der Waals surface area contributed by atoms with Crippen molar-refractivity contribution in [3.05, 3.63) is 0 Å². The van der Waals surface area contributed by atoms with Gasteiger partial charge in [0.2, 0.25) is 0 Å². The van der Waals surface area contributed by atoms with Crippen LogP contribution in [0.1, 0.15) is 59.3 Å². The van der Waals surface area contributed by atoms with Crippen molar-refractivity contribution in [1.82, 2.24) is 10.2 Å². The minimum Gasteiger partial charge on any atom is -0.377 e. The fourth-order valence-electron chi connectivity index (χ4n) is 4.18. The van der Waals surface area contributed by atoms with Crippen molar-refractivity contribution in [3.8, 4) is 0 Å². The van der Waals surface area contributed by atoms with Gasteiger partial charge in [0, 0.05) is 25.7 Å². The molecule has 0 radical (unpaired) electrons. The van der Waals surface area contributed by atoms with Gasteiger partial charge in [0.1, 0.15) is 0 Å². The molecule has 1 aliphatic heterocycles. The average molecular weight is 296 g/mol. The van der Waals surface area contributed by atoms with Gasteiger partial charge in [0.25, 0.3) is 0 Å². The van der Waals surface area contributed by atoms with Crippen LogP contribution in [0.15, 0.2) is 0 Å². The lowest BCUT2D eigenvalue weighted by Gasteiger charge is -2.41. The molecule has 3 heteroatoms. The summed E-state index contributed by atoms with van der Waals surface area (Å²) in [6.45, 7) is 12.6. The summed E-state index contributed by atoms with van der Waals surface area (Å²) in [6.07, 6.45) is 8.45. The summed E-state index contributed by atoms with van der Waals surface area (Å²) in [4.78, 5) is 2.67. The molecule has 2 aliphatic rings. The highest BCUT2D eigenvalue weighted by atomic mass is 16.5. The second-order valence-electron chi connectivity index (χ2n) is 7.22. The van der Waals surface area contributed by atoms with Gasteiger partial charge in [-0.25, -0.2) is 0 Å². The summed E-state index contributed by atoms with van der Waals surface area (Å²) in [5, 5.41) is 3.81. The number of likely N-dealkylation sites (tertiary alicyclic amines) is 1. The van der Waals surface area contributed by atoms with Crippen molar-refractivity contribution in [2.75, 3.05) is 32.8 Å². The second kappa shape index (κ2) is 9.12. The SMILES string of the molecule is CCCNC1CCC(C)CC1CN1CCCC(OCC)C1. The van der Waals surface area contributed by atoms with Gasteiger partial charge in [-0.2, -0.15) is 0 Å². The maximum atomic E-state index is 5.86. The van der Waals surface area contributed by atoms with E-state index in [2.05, 4.69) is 31.0 Å². The summed E-state index contributed by atoms with van der Waals surface area (Å²) < 4.78 is 5.86. The third-order valence-corrected chi connectivity index (χ3v) is 5.26. The second-order valence-corrected chi connectivity index (χ2v) is 7.22. The molecule has 1 saturated carbocycles. The lowest BCUT2D eigenvalue weighted by Crippen LogP contribution is -2.49. The molecule has 2 rings (SSSR count). The number of hydrogen-bond donors (Lipinski definition) is 1. The lowest BCUT2D eigenvalue weighted by molar-refractivity contribution is -0.00282. The van der Waals surface area contributed by atoms with Gasteiger partial charge in [-0.15, -0.1) is 0 Å². The van der Waals surface area contributed by atoms with E-state index in [1.807, 2.05) is 0 Å². The quantitative estimate of drug-likeness (QED) is 0.780. The molecule has 4 unspecified atom stereocenters. The standard InChI is InChI=1S/C18H36N2O/c1-4-10-19-18-9-8-15(3)12-16(18)13-20-11-6-7-17(14-20)21-5-2/h15-19H,4-14H2,1-3H3. The number of nitrogens with one attached hydrogen (secondary N) is 1. The van der Waals surface area contributed by atoms with Crippen molar-refractivity contribution in [3.63, 3.8) is 0 Å². The summed E-state index contributed by atoms with van der Waals surface area (Å²) in [6, 6.07) is 0.744. The Bertz CT molecular complexity index is 280. The molecule has 0 aromatic rings. The van der Waals surface area contributed by atoms with E-state index in [1.165, 1.54) is 58.2 Å². The van der Waals surface area contributed by atoms with Gasteiger partial charge >= 0.3 is 0 Å². The first-order chi connectivity index (χ1) is 10.2. The molecule has 0 aromatic carbocycles. The van der Waals surface area contributed by atoms with E-state index in [-0.39, 0.29) is 0 Å². The Morgan fingerprint density at radius 3 is 2.81 bits per heavy atom. The van der Waals surface area contributed by atoms with Crippen molar-refractivity contribution in [2.45, 2.75) is 71.4 Å². The third-order valence-electron chi connectivity index (χ3n) is 5.26. The van der Waals surface area contributed by atoms with Crippen LogP contribution in [0.4, 0.5) is 0 Å². The predicted molar refractivity (Wildman–Crippen MR) is 89.7 cm³/mol. The highest BCUT2D eigenvalue weighted by Gasteiger charge is 2.31. The highest BCUT2D eigenvalue weighted by molar-refractivity contribution is 4.87. The zero-order chi connectivity index (χ0) is 15.1. The van der Waals surface area contributed by atoms with Crippen molar-refractivity contribution >= 4 is 0 Å². The summed E-state index contributed by atoms with van der Waals surface area (Å²) >= 11 is 0. The summed E-state index contributed by atoms with van der Waals surface area (Å²) in [5.74, 6) is 1.74. The van der Waals surface area contributed by atoms with Crippen molar-refractivity contribution in [1.29, 1.82) is 0 Å². The Hall–Kier alpha value is -0.120. The normalized spacial score (nSPS) is 35.0. The molecule has 0 spiro atoms. The van der Waals surface area contributed by atoms with Crippen LogP contribution in [-0.4, -0.2) is 49.8 Å². The molecule has 1 aliphatic carbocycles. The zero-order valence-corrected chi connectivity index (χ0v) is 14.4. The number of nitrogens with zero attached hydrogens (tertiary/aromatic N) is 1. The van der Waals surface area contributed by atoms with Crippen LogP contribution in [0.5, 0.6) is 0 Å². The van der Waals surface area contributed by atoms with Crippen LogP contribution in [0.25, 0.3) is 0 Å². The van der Waals surface area contributed by atoms with Crippen LogP contribution < -0.4 is 5.32 Å². The Kier molecular flexibility index (Phi) is 7.48. The molecule has 0 amide bonds. The number of piperidine rings is 1. The molecule has 0 bridgehead atoms. The average Bonchev–Trinajstić information content (AvgIpc) is 2.47. The molecule has 1 N–H and O–H groups in total. The zero-order valence-electron chi connectivity index (χ0n) is 14.4. The van der Waals surface area contributed by atoms with E-state index in [4.69, 9.17) is 4.74 Å². The predicted octanol–water partition coefficient (Wildman–Crippen LogP) is 3.29. The van der Waals surface area contributed by atoms with Crippen LogP contribution >= 0.6 is 0 Å². The van der Waals surface area contributed by atoms with E-state index in [9.17, 15) is 0 Å². The van der Waals surface area contributed by atoms with Crippen LogP contribution in [0, 0.1) is 11.8 Å². The van der Waals surface area contributed by atoms with Gasteiger partial charge in [-0.3, -0.25) is 0 Å². The first-order valence-electron chi connectivity index (χ1n) is 9.30. The van der Waals surface area contributed by atoms with Gasteiger partial charge in [-0.05, 0) is 70.4 Å². The molecule has 2 fully saturated rings. The first kappa shape index (κ1) is 17.2. The monoisotopic (exact) mass is 296 g/mol. The summed E-state index contributed by atoms with van der Waals surface area (Å²) in [5.41, 5.74) is 0. The molecular formula is C18H36N2O. The minimum atomic E-state index is 0.479. The fraction of sp³-hybridized carbons (Fsp3) is 1.00. The molecule has 124 valence electrons. The molecule has 1 saturated heterocycles. The number of ether oxygens (including phenoxy) is 1. The van der Waals surface area contributed by atoms with E-state index >= 15 is 0 Å². The fourth-order valence-corrected chi connectivity index (χ4v) is 4.18. The van der Waals surface area contributed by atoms with Crippen LogP contribution in [0.3, 0.4) is 0 Å². The summed E-state index contributed by atoms with van der Waals surface area (Å²) in [7, 11) is 0. The third kappa shape index (κ3) is 5.54. The Morgan fingerprint density at radius 2 is 2.05 bits per heavy atom. The van der Waals surface area contributed by atoms with E-state index < -0.39 is 0 Å². The highest BCUT2D eigenvalue weighted by Crippen LogP contribution is 2.30. The van der Waals surface area contributed by atoms with Gasteiger partial charge in [-0.1, -0.05) is 13.8 Å². The largest absolute Gasteiger partial charge is 0.377 e. The van der Waals surface area contributed by atoms with E-state index in [0.29, 0.717) is 6.10 Å². The van der Waals surface area contributed by atoms with Crippen LogP contribution in [-0.2, 0) is 4.74 Å². The van der Waals surface area contributed by atoms with Gasteiger partial charge in [0.15, 0.2) is 0 Å². The Morgan fingerprint density at radius 1 is 1.19 bits per heavy atom. The Labute approximate surface area is 131 Å². The van der Waals surface area contributed by atoms with Crippen molar-refractivity contribution in [2.24, 2.45) is 11.8 Å². The number of hydrogen-bond acceptors (Lipinski definition) is 3. The molecule has 3 nitrogen and oxygen atoms in total. The maximum absolute atomic E-state index is 5.86. The number of rotatable bonds is 7. The first-order valence-corrected chi connectivity index (χ1v) is 9.30. The molecule has 4 atom stereocenters. The van der Waals surface area contributed by atoms with E-state index in [1.54, 1.807) is 0 Å². The van der Waals surface area contributed by atoms with Gasteiger partial charge < -0.3 is 15.0 Å². The molecule has 0 aromatic heterocycles. The molecule has 1 heterocycles. The smallest absolute Gasteiger partial charge is 0.0702 e. The lowest BCUT2D eigenvalue weighted by atomic mass is 9.78. The van der Waals surface area contributed by atoms with Crippen molar-refractivity contribution < 1.29 is 4.74 Å². The van der Waals surface area contributed by atoms with Gasteiger partial charge in [0.05, 0.1) is 6.10 Å².